The number of aryl methyl sites for hydroxylation is 1. The molecule has 0 radical (unpaired) electrons. The van der Waals surface area contributed by atoms with Crippen LogP contribution in [-0.2, 0) is 16.2 Å². The number of nitro groups is 1. The first kappa shape index (κ1) is 21.0. The Balaban J connectivity index is 1.77. The van der Waals surface area contributed by atoms with Gasteiger partial charge < -0.3 is 4.74 Å². The first-order valence-corrected chi connectivity index (χ1v) is 9.87. The van der Waals surface area contributed by atoms with Crippen molar-refractivity contribution < 1.29 is 31.2 Å². The van der Waals surface area contributed by atoms with E-state index in [1.54, 1.807) is 0 Å². The summed E-state index contributed by atoms with van der Waals surface area (Å²) in [4.78, 5) is 13.8. The van der Waals surface area contributed by atoms with Gasteiger partial charge in [0.05, 0.1) is 21.9 Å². The van der Waals surface area contributed by atoms with Crippen molar-refractivity contribution in [3.63, 3.8) is 0 Å². The second-order valence-corrected chi connectivity index (χ2v) is 8.39. The third-order valence-corrected chi connectivity index (χ3v) is 6.46. The minimum atomic E-state index is -4.55. The van der Waals surface area contributed by atoms with E-state index in [-0.39, 0.29) is 36.0 Å². The maximum Gasteiger partial charge on any atom is 0.416 e. The summed E-state index contributed by atoms with van der Waals surface area (Å²) in [5, 5.41) is 11.0. The first-order valence-electron chi connectivity index (χ1n) is 8.43. The average molecular weight is 431 g/mol. The van der Waals surface area contributed by atoms with Crippen molar-refractivity contribution in [2.24, 2.45) is 0 Å². The minimum absolute atomic E-state index is 0.0636. The van der Waals surface area contributed by atoms with Gasteiger partial charge in [0.1, 0.15) is 6.10 Å². The molecule has 0 aliphatic carbocycles. The maximum atomic E-state index is 12.9. The summed E-state index contributed by atoms with van der Waals surface area (Å²) in [6.07, 6.45) is -4.04. The Labute approximate surface area is 164 Å². The molecule has 29 heavy (non-hydrogen) atoms. The molecule has 1 aliphatic heterocycles. The van der Waals surface area contributed by atoms with E-state index in [9.17, 15) is 31.7 Å². The molecule has 1 aromatic carbocycles. The molecule has 0 spiro atoms. The predicted molar refractivity (Wildman–Crippen MR) is 94.9 cm³/mol. The van der Waals surface area contributed by atoms with E-state index < -0.39 is 32.8 Å². The quantitative estimate of drug-likeness (QED) is 0.532. The van der Waals surface area contributed by atoms with Crippen molar-refractivity contribution in [1.82, 2.24) is 9.29 Å². The van der Waals surface area contributed by atoms with Crippen molar-refractivity contribution in [3.8, 4) is 5.88 Å². The van der Waals surface area contributed by atoms with Gasteiger partial charge in [0, 0.05) is 30.9 Å². The number of nitro benzene ring substituents is 1. The van der Waals surface area contributed by atoms with Crippen LogP contribution >= 0.6 is 0 Å². The van der Waals surface area contributed by atoms with Gasteiger partial charge in [0.2, 0.25) is 15.9 Å². The lowest BCUT2D eigenvalue weighted by molar-refractivity contribution is -0.385. The standard InChI is InChI=1S/C17H16F3N3O5S/c1-11-2-3-13(23(24)25)9-15(11)29(26,27)22-7-5-14(10-22)28-16-8-12(4-6-21-16)17(18,19)20/h2-4,6,8-9,14H,5,7,10H2,1H3. The summed E-state index contributed by atoms with van der Waals surface area (Å²) in [7, 11) is -4.03. The minimum Gasteiger partial charge on any atom is -0.473 e. The van der Waals surface area contributed by atoms with Crippen molar-refractivity contribution in [1.29, 1.82) is 0 Å². The highest BCUT2D eigenvalue weighted by Gasteiger charge is 2.36. The van der Waals surface area contributed by atoms with E-state index in [4.69, 9.17) is 4.74 Å². The monoisotopic (exact) mass is 431 g/mol. The molecule has 0 N–H and O–H groups in total. The van der Waals surface area contributed by atoms with Gasteiger partial charge in [-0.2, -0.15) is 17.5 Å². The number of benzene rings is 1. The van der Waals surface area contributed by atoms with Gasteiger partial charge >= 0.3 is 6.18 Å². The summed E-state index contributed by atoms with van der Waals surface area (Å²) < 4.78 is 70.7. The van der Waals surface area contributed by atoms with Crippen LogP contribution in [0.25, 0.3) is 0 Å². The average Bonchev–Trinajstić information content (AvgIpc) is 3.10. The Kier molecular flexibility index (Phi) is 5.50. The zero-order chi connectivity index (χ0) is 21.4. The smallest absolute Gasteiger partial charge is 0.416 e. The molecule has 8 nitrogen and oxygen atoms in total. The molecule has 0 saturated carbocycles. The second kappa shape index (κ2) is 7.59. The van der Waals surface area contributed by atoms with E-state index in [0.29, 0.717) is 5.56 Å². The van der Waals surface area contributed by atoms with Gasteiger partial charge in [-0.15, -0.1) is 0 Å². The third-order valence-electron chi connectivity index (χ3n) is 4.46. The fraction of sp³-hybridized carbons (Fsp3) is 0.353. The Morgan fingerprint density at radius 3 is 2.66 bits per heavy atom. The lowest BCUT2D eigenvalue weighted by Crippen LogP contribution is -2.31. The van der Waals surface area contributed by atoms with Gasteiger partial charge in [0.25, 0.3) is 5.69 Å². The molecule has 0 amide bonds. The number of non-ortho nitro benzene ring substituents is 1. The van der Waals surface area contributed by atoms with Gasteiger partial charge in [0.15, 0.2) is 0 Å². The first-order chi connectivity index (χ1) is 13.5. The molecule has 1 fully saturated rings. The number of hydrogen-bond acceptors (Lipinski definition) is 6. The van der Waals surface area contributed by atoms with Crippen LogP contribution in [0.2, 0.25) is 0 Å². The fourth-order valence-electron chi connectivity index (χ4n) is 2.95. The van der Waals surface area contributed by atoms with Crippen molar-refractivity contribution in [3.05, 3.63) is 57.8 Å². The summed E-state index contributed by atoms with van der Waals surface area (Å²) in [5.74, 6) is -0.254. The third kappa shape index (κ3) is 4.48. The molecule has 1 unspecified atom stereocenters. The molecule has 1 aromatic heterocycles. The molecule has 1 atom stereocenters. The van der Waals surface area contributed by atoms with Crippen LogP contribution in [0.4, 0.5) is 18.9 Å². The summed E-state index contributed by atoms with van der Waals surface area (Å²) in [5.41, 5.74) is -0.925. The highest BCUT2D eigenvalue weighted by atomic mass is 32.2. The summed E-state index contributed by atoms with van der Waals surface area (Å²) >= 11 is 0. The SMILES string of the molecule is Cc1ccc([N+](=O)[O-])cc1S(=O)(=O)N1CCC(Oc2cc(C(F)(F)F)ccn2)C1. The van der Waals surface area contributed by atoms with E-state index in [2.05, 4.69) is 4.98 Å². The normalized spacial score (nSPS) is 18.0. The van der Waals surface area contributed by atoms with Crippen LogP contribution in [-0.4, -0.2) is 41.8 Å². The highest BCUT2D eigenvalue weighted by Crippen LogP contribution is 2.32. The van der Waals surface area contributed by atoms with Crippen LogP contribution in [0.1, 0.15) is 17.5 Å². The number of hydrogen-bond donors (Lipinski definition) is 0. The van der Waals surface area contributed by atoms with Gasteiger partial charge in [-0.1, -0.05) is 6.07 Å². The summed E-state index contributed by atoms with van der Waals surface area (Å²) in [6.45, 7) is 1.48. The topological polar surface area (TPSA) is 103 Å². The van der Waals surface area contributed by atoms with E-state index in [1.165, 1.54) is 19.1 Å². The van der Waals surface area contributed by atoms with Gasteiger partial charge in [-0.05, 0) is 25.0 Å². The molecular weight excluding hydrogens is 415 g/mol. The van der Waals surface area contributed by atoms with Crippen LogP contribution in [0.15, 0.2) is 41.4 Å². The lowest BCUT2D eigenvalue weighted by Gasteiger charge is -2.18. The van der Waals surface area contributed by atoms with Crippen LogP contribution < -0.4 is 4.74 Å². The number of pyridine rings is 1. The van der Waals surface area contributed by atoms with Gasteiger partial charge in [-0.25, -0.2) is 13.4 Å². The number of rotatable bonds is 5. The number of nitrogens with zero attached hydrogens (tertiary/aromatic N) is 3. The Morgan fingerprint density at radius 2 is 2.00 bits per heavy atom. The number of ether oxygens (including phenoxy) is 1. The largest absolute Gasteiger partial charge is 0.473 e. The predicted octanol–water partition coefficient (Wildman–Crippen LogP) is 3.16. The Hall–Kier alpha value is -2.73. The molecule has 156 valence electrons. The van der Waals surface area contributed by atoms with Crippen LogP contribution in [0.3, 0.4) is 0 Å². The molecule has 1 aliphatic rings. The molecule has 3 rings (SSSR count). The van der Waals surface area contributed by atoms with E-state index in [0.717, 1.165) is 28.7 Å². The van der Waals surface area contributed by atoms with Crippen LogP contribution in [0, 0.1) is 17.0 Å². The zero-order valence-corrected chi connectivity index (χ0v) is 15.9. The molecule has 1 saturated heterocycles. The summed E-state index contributed by atoms with van der Waals surface area (Å²) in [6, 6.07) is 5.11. The van der Waals surface area contributed by atoms with E-state index >= 15 is 0 Å². The van der Waals surface area contributed by atoms with Crippen molar-refractivity contribution in [2.75, 3.05) is 13.1 Å². The van der Waals surface area contributed by atoms with Crippen molar-refractivity contribution >= 4 is 15.7 Å². The second-order valence-electron chi connectivity index (χ2n) is 6.48. The Bertz CT molecular complexity index is 1040. The number of sulfonamides is 1. The van der Waals surface area contributed by atoms with E-state index in [1.807, 2.05) is 0 Å². The molecule has 2 aromatic rings. The fourth-order valence-corrected chi connectivity index (χ4v) is 4.68. The van der Waals surface area contributed by atoms with Crippen molar-refractivity contribution in [2.45, 2.75) is 30.5 Å². The molecule has 12 heteroatoms. The Morgan fingerprint density at radius 1 is 1.28 bits per heavy atom. The number of alkyl halides is 3. The lowest BCUT2D eigenvalue weighted by atomic mass is 10.2. The molecular formula is C17H16F3N3O5S. The highest BCUT2D eigenvalue weighted by molar-refractivity contribution is 7.89. The number of aromatic nitrogens is 1. The zero-order valence-electron chi connectivity index (χ0n) is 15.1. The number of halogens is 3. The van der Waals surface area contributed by atoms with Crippen LogP contribution in [0.5, 0.6) is 5.88 Å². The molecule has 0 bridgehead atoms. The van der Waals surface area contributed by atoms with Gasteiger partial charge in [-0.3, -0.25) is 10.1 Å². The maximum absolute atomic E-state index is 12.9. The molecule has 2 heterocycles.